The summed E-state index contributed by atoms with van der Waals surface area (Å²) >= 11 is 0. The Morgan fingerprint density at radius 2 is 1.37 bits per heavy atom. The lowest BCUT2D eigenvalue weighted by Gasteiger charge is -2.21. The molecule has 0 aliphatic carbocycles. The Bertz CT molecular complexity index is 2420. The summed E-state index contributed by atoms with van der Waals surface area (Å²) in [5.74, 6) is 4.87. The van der Waals surface area contributed by atoms with Crippen LogP contribution >= 0.6 is 0 Å². The van der Waals surface area contributed by atoms with Crippen LogP contribution in [-0.4, -0.2) is 67.3 Å². The highest BCUT2D eigenvalue weighted by Gasteiger charge is 2.31. The molecule has 60 heavy (non-hydrogen) atoms. The van der Waals surface area contributed by atoms with Crippen LogP contribution in [0.4, 0.5) is 18.4 Å². The van der Waals surface area contributed by atoms with Crippen LogP contribution in [0.15, 0.2) is 45.2 Å². The molecule has 1 fully saturated rings. The van der Waals surface area contributed by atoms with E-state index in [1.807, 2.05) is 0 Å². The van der Waals surface area contributed by atoms with Crippen molar-refractivity contribution in [3.63, 3.8) is 0 Å². The Morgan fingerprint density at radius 1 is 0.850 bits per heavy atom. The molecule has 318 valence electrons. The fourth-order valence-electron chi connectivity index (χ4n) is 5.93. The number of benzene rings is 2. The summed E-state index contributed by atoms with van der Waals surface area (Å²) in [6.07, 6.45) is -0.777. The molecule has 5 amide bonds. The van der Waals surface area contributed by atoms with Gasteiger partial charge in [0.05, 0.1) is 42.8 Å². The summed E-state index contributed by atoms with van der Waals surface area (Å²) in [7, 11) is 1.24. The predicted octanol–water partition coefficient (Wildman–Crippen LogP) is 5.94. The lowest BCUT2D eigenvalue weighted by atomic mass is 9.88. The molecule has 2 aromatic heterocycles. The van der Waals surface area contributed by atoms with Crippen molar-refractivity contribution in [2.24, 2.45) is 5.73 Å². The zero-order valence-corrected chi connectivity index (χ0v) is 34.2. The zero-order valence-electron chi connectivity index (χ0n) is 34.2. The Morgan fingerprint density at radius 3 is 1.87 bits per heavy atom. The average Bonchev–Trinajstić information content (AvgIpc) is 3.65. The quantitative estimate of drug-likeness (QED) is 0.0705. The standard InChI is InChI=1S/C22H25FN2O6.C21H21FN2O5/c1-22(2,3)31-21(28)25-12-6-9-16-19(23)18-13(7-5-8-15(18)30-16)14(20(24)27)10-11-17(26)29-4;1-21(2,3)29-20(27)23-11-5-8-15-18(22)17-12(6-4-7-14(17)28-15)13-9-10-16(25)24-19(13)26/h5,7-8,14H,10-12H2,1-4H3,(H2,24,27)(H,25,28);4,6-7,13H,9-11H2,1-3H3,(H,23,27)(H,24,25,26). The van der Waals surface area contributed by atoms with Crippen molar-refractivity contribution in [1.82, 2.24) is 16.0 Å². The van der Waals surface area contributed by atoms with E-state index in [2.05, 4.69) is 44.4 Å². The van der Waals surface area contributed by atoms with E-state index in [4.69, 9.17) is 24.0 Å². The fraction of sp³-hybridized carbons (Fsp3) is 0.395. The first-order valence-corrected chi connectivity index (χ1v) is 18.7. The number of hydrogen-bond donors (Lipinski definition) is 4. The molecule has 15 nitrogen and oxygen atoms in total. The van der Waals surface area contributed by atoms with E-state index in [9.17, 15) is 33.2 Å². The number of alkyl carbamates (subject to hydrolysis) is 2. The molecule has 2 aromatic carbocycles. The van der Waals surface area contributed by atoms with Crippen LogP contribution in [-0.2, 0) is 33.4 Å². The first kappa shape index (κ1) is 45.8. The van der Waals surface area contributed by atoms with Crippen molar-refractivity contribution in [3.05, 3.63) is 70.7 Å². The summed E-state index contributed by atoms with van der Waals surface area (Å²) in [6, 6.07) is 9.56. The maximum absolute atomic E-state index is 15.0. The van der Waals surface area contributed by atoms with Crippen LogP contribution in [0, 0.1) is 35.3 Å². The number of rotatable bonds is 8. The van der Waals surface area contributed by atoms with Gasteiger partial charge in [-0.2, -0.15) is 0 Å². The van der Waals surface area contributed by atoms with Crippen molar-refractivity contribution < 1.29 is 60.6 Å². The van der Waals surface area contributed by atoms with E-state index in [1.165, 1.54) is 13.2 Å². The number of fused-ring (bicyclic) bond motifs is 2. The highest BCUT2D eigenvalue weighted by molar-refractivity contribution is 6.03. The van der Waals surface area contributed by atoms with Gasteiger partial charge in [0.15, 0.2) is 11.6 Å². The largest absolute Gasteiger partial charge is 0.469 e. The molecule has 1 saturated heterocycles. The third kappa shape index (κ3) is 12.6. The second-order valence-electron chi connectivity index (χ2n) is 15.3. The number of nitrogens with one attached hydrogen (secondary N) is 3. The number of ether oxygens (including phenoxy) is 3. The number of primary amides is 1. The summed E-state index contributed by atoms with van der Waals surface area (Å²) in [5.41, 5.74) is 5.41. The van der Waals surface area contributed by atoms with E-state index in [-0.39, 0.29) is 71.7 Å². The van der Waals surface area contributed by atoms with Crippen LogP contribution in [0.25, 0.3) is 21.9 Å². The number of methoxy groups -OCH3 is 1. The minimum atomic E-state index is -0.912. The van der Waals surface area contributed by atoms with Gasteiger partial charge in [0.2, 0.25) is 29.2 Å². The third-order valence-corrected chi connectivity index (χ3v) is 8.42. The van der Waals surface area contributed by atoms with Crippen LogP contribution in [0.1, 0.15) is 102 Å². The molecule has 2 unspecified atom stereocenters. The van der Waals surface area contributed by atoms with E-state index in [0.717, 1.165) is 0 Å². The number of hydrogen-bond acceptors (Lipinski definition) is 11. The molecule has 5 rings (SSSR count). The molecule has 1 aliphatic heterocycles. The van der Waals surface area contributed by atoms with Crippen molar-refractivity contribution in [3.8, 4) is 23.7 Å². The third-order valence-electron chi connectivity index (χ3n) is 8.42. The molecule has 0 radical (unpaired) electrons. The average molecular weight is 833 g/mol. The summed E-state index contributed by atoms with van der Waals surface area (Å²) in [4.78, 5) is 70.2. The normalized spacial score (nSPS) is 14.2. The maximum Gasteiger partial charge on any atom is 0.408 e. The van der Waals surface area contributed by atoms with Crippen LogP contribution < -0.4 is 21.7 Å². The number of halogens is 2. The number of nitrogens with two attached hydrogens (primary N) is 1. The van der Waals surface area contributed by atoms with Gasteiger partial charge in [-0.25, -0.2) is 18.4 Å². The van der Waals surface area contributed by atoms with Gasteiger partial charge in [-0.3, -0.25) is 24.5 Å². The Balaban J connectivity index is 0.000000265. The molecule has 4 aromatic rings. The first-order valence-electron chi connectivity index (χ1n) is 18.7. The maximum atomic E-state index is 15.0. The molecule has 0 saturated carbocycles. The van der Waals surface area contributed by atoms with E-state index in [1.54, 1.807) is 71.9 Å². The van der Waals surface area contributed by atoms with Gasteiger partial charge in [-0.1, -0.05) is 36.1 Å². The molecule has 3 heterocycles. The van der Waals surface area contributed by atoms with Gasteiger partial charge < -0.3 is 39.4 Å². The predicted molar refractivity (Wildman–Crippen MR) is 213 cm³/mol. The van der Waals surface area contributed by atoms with Gasteiger partial charge in [-0.15, -0.1) is 0 Å². The Hall–Kier alpha value is -6.88. The minimum Gasteiger partial charge on any atom is -0.469 e. The molecular weight excluding hydrogens is 786 g/mol. The number of esters is 1. The van der Waals surface area contributed by atoms with Gasteiger partial charge in [0, 0.05) is 12.8 Å². The summed E-state index contributed by atoms with van der Waals surface area (Å²) in [5, 5.41) is 7.41. The smallest absolute Gasteiger partial charge is 0.408 e. The van der Waals surface area contributed by atoms with Crippen LogP contribution in [0.2, 0.25) is 0 Å². The lowest BCUT2D eigenvalue weighted by Crippen LogP contribution is -2.39. The van der Waals surface area contributed by atoms with Crippen molar-refractivity contribution in [1.29, 1.82) is 0 Å². The van der Waals surface area contributed by atoms with Crippen molar-refractivity contribution in [2.75, 3.05) is 20.2 Å². The number of furan rings is 2. The molecule has 1 aliphatic rings. The van der Waals surface area contributed by atoms with E-state index < -0.39 is 64.6 Å². The van der Waals surface area contributed by atoms with Crippen LogP contribution in [0.3, 0.4) is 0 Å². The number of carbonyl (C=O) groups is 6. The van der Waals surface area contributed by atoms with Crippen molar-refractivity contribution in [2.45, 2.75) is 90.3 Å². The summed E-state index contributed by atoms with van der Waals surface area (Å²) < 4.78 is 55.7. The van der Waals surface area contributed by atoms with E-state index >= 15 is 4.39 Å². The molecule has 17 heteroatoms. The second-order valence-corrected chi connectivity index (χ2v) is 15.3. The SMILES string of the molecule is CC(C)(C)OC(=O)NCC#Cc1oc2cccc(C3CCC(=O)NC3=O)c2c1F.COC(=O)CCC(C(N)=O)c1cccc2oc(C#CCNC(=O)OC(C)(C)C)c(F)c12. The number of amides is 5. The Labute approximate surface area is 344 Å². The molecule has 2 atom stereocenters. The topological polar surface area (TPSA) is 218 Å². The molecule has 0 bridgehead atoms. The lowest BCUT2D eigenvalue weighted by molar-refractivity contribution is -0.141. The highest BCUT2D eigenvalue weighted by atomic mass is 19.1. The van der Waals surface area contributed by atoms with Crippen LogP contribution in [0.5, 0.6) is 0 Å². The Kier molecular flexibility index (Phi) is 15.1. The first-order chi connectivity index (χ1) is 28.2. The molecule has 5 N–H and O–H groups in total. The van der Waals surface area contributed by atoms with Gasteiger partial charge in [0.1, 0.15) is 22.4 Å². The monoisotopic (exact) mass is 832 g/mol. The number of imide groups is 1. The van der Waals surface area contributed by atoms with Crippen molar-refractivity contribution >= 4 is 57.8 Å². The molecule has 0 spiro atoms. The zero-order chi connectivity index (χ0) is 44.4. The van der Waals surface area contributed by atoms with Gasteiger partial charge in [-0.05, 0) is 89.5 Å². The highest BCUT2D eigenvalue weighted by Crippen LogP contribution is 2.36. The van der Waals surface area contributed by atoms with Gasteiger partial charge in [0.25, 0.3) is 0 Å². The molecular formula is C43H46F2N4O11. The van der Waals surface area contributed by atoms with E-state index in [0.29, 0.717) is 17.5 Å². The minimum absolute atomic E-state index is 0.0502. The van der Waals surface area contributed by atoms with Gasteiger partial charge >= 0.3 is 18.2 Å². The number of piperidine rings is 1. The second kappa shape index (κ2) is 19.7. The number of carbonyl (C=O) groups excluding carboxylic acids is 6. The fourth-order valence-corrected chi connectivity index (χ4v) is 5.93. The summed E-state index contributed by atoms with van der Waals surface area (Å²) in [6.45, 7) is 10.3.